The first-order valence-corrected chi connectivity index (χ1v) is 5.44. The fourth-order valence-corrected chi connectivity index (χ4v) is 1.56. The topological polar surface area (TPSA) is 29.5 Å². The molecule has 0 aromatic heterocycles. The van der Waals surface area contributed by atoms with Crippen molar-refractivity contribution in [3.63, 3.8) is 0 Å². The summed E-state index contributed by atoms with van der Waals surface area (Å²) in [6.07, 6.45) is 0.832. The van der Waals surface area contributed by atoms with Crippen molar-refractivity contribution in [2.45, 2.75) is 6.92 Å². The van der Waals surface area contributed by atoms with Gasteiger partial charge in [0.15, 0.2) is 0 Å². The second-order valence-electron chi connectivity index (χ2n) is 4.37. The molecule has 0 saturated heterocycles. The van der Waals surface area contributed by atoms with E-state index in [0.717, 1.165) is 18.6 Å². The van der Waals surface area contributed by atoms with Gasteiger partial charge in [-0.25, -0.2) is 0 Å². The number of rotatable bonds is 6. The Hall–Kier alpha value is -1.35. The number of carbonyl (C=O) groups excluding carboxylic acids is 1. The molecule has 1 rings (SSSR count). The van der Waals surface area contributed by atoms with E-state index in [9.17, 15) is 4.79 Å². The highest BCUT2D eigenvalue weighted by atomic mass is 16.5. The predicted molar refractivity (Wildman–Crippen MR) is 65.0 cm³/mol. The van der Waals surface area contributed by atoms with Crippen molar-refractivity contribution in [2.24, 2.45) is 5.92 Å². The Morgan fingerprint density at radius 3 is 2.44 bits per heavy atom. The maximum atomic E-state index is 10.5. The summed E-state index contributed by atoms with van der Waals surface area (Å²) in [4.78, 5) is 12.6. The molecule has 0 saturated carbocycles. The quantitative estimate of drug-likeness (QED) is 0.689. The lowest BCUT2D eigenvalue weighted by Crippen LogP contribution is -2.24. The van der Waals surface area contributed by atoms with E-state index in [0.29, 0.717) is 18.1 Å². The molecular weight excluding hydrogens is 202 g/mol. The van der Waals surface area contributed by atoms with Crippen LogP contribution in [0, 0.1) is 5.92 Å². The summed E-state index contributed by atoms with van der Waals surface area (Å²) in [5, 5.41) is 0. The van der Waals surface area contributed by atoms with E-state index in [1.165, 1.54) is 0 Å². The van der Waals surface area contributed by atoms with Gasteiger partial charge in [-0.3, -0.25) is 4.79 Å². The van der Waals surface area contributed by atoms with Crippen LogP contribution < -0.4 is 4.74 Å². The van der Waals surface area contributed by atoms with Crippen LogP contribution in [0.2, 0.25) is 0 Å². The Kier molecular flexibility index (Phi) is 4.99. The lowest BCUT2D eigenvalue weighted by molar-refractivity contribution is 0.112. The lowest BCUT2D eigenvalue weighted by atomic mass is 10.2. The molecule has 0 spiro atoms. The van der Waals surface area contributed by atoms with Crippen LogP contribution in [-0.4, -0.2) is 38.4 Å². The summed E-state index contributed by atoms with van der Waals surface area (Å²) in [6.45, 7) is 3.85. The van der Waals surface area contributed by atoms with Crippen molar-refractivity contribution in [3.05, 3.63) is 29.8 Å². The number of ether oxygens (including phenoxy) is 1. The van der Waals surface area contributed by atoms with Gasteiger partial charge < -0.3 is 9.64 Å². The minimum Gasteiger partial charge on any atom is -0.493 e. The molecule has 16 heavy (non-hydrogen) atoms. The molecule has 88 valence electrons. The second kappa shape index (κ2) is 6.28. The second-order valence-corrected chi connectivity index (χ2v) is 4.37. The van der Waals surface area contributed by atoms with Gasteiger partial charge in [0.25, 0.3) is 0 Å². The molecule has 0 bridgehead atoms. The molecule has 0 amide bonds. The third kappa shape index (κ3) is 4.45. The van der Waals surface area contributed by atoms with Crippen LogP contribution in [0.4, 0.5) is 0 Å². The standard InChI is InChI=1S/C13H19NO2/c1-11(8-14(2)3)10-16-13-6-4-12(9-15)5-7-13/h4-7,9,11H,8,10H2,1-3H3/t11-/m0/s1. The molecule has 1 aromatic carbocycles. The normalized spacial score (nSPS) is 12.5. The molecule has 0 heterocycles. The highest BCUT2D eigenvalue weighted by Gasteiger charge is 2.04. The largest absolute Gasteiger partial charge is 0.493 e. The van der Waals surface area contributed by atoms with Crippen LogP contribution in [0.3, 0.4) is 0 Å². The van der Waals surface area contributed by atoms with Gasteiger partial charge in [0.2, 0.25) is 0 Å². The summed E-state index contributed by atoms with van der Waals surface area (Å²) in [5.41, 5.74) is 0.675. The zero-order valence-corrected chi connectivity index (χ0v) is 10.1. The summed E-state index contributed by atoms with van der Waals surface area (Å²) in [6, 6.07) is 7.18. The molecule has 0 radical (unpaired) electrons. The molecule has 3 nitrogen and oxygen atoms in total. The van der Waals surface area contributed by atoms with Gasteiger partial charge >= 0.3 is 0 Å². The third-order valence-corrected chi connectivity index (χ3v) is 2.23. The lowest BCUT2D eigenvalue weighted by Gasteiger charge is -2.17. The number of hydrogen-bond acceptors (Lipinski definition) is 3. The fourth-order valence-electron chi connectivity index (χ4n) is 1.56. The van der Waals surface area contributed by atoms with E-state index >= 15 is 0 Å². The minimum absolute atomic E-state index is 0.487. The van der Waals surface area contributed by atoms with E-state index in [4.69, 9.17) is 4.74 Å². The summed E-state index contributed by atoms with van der Waals surface area (Å²) < 4.78 is 5.63. The molecule has 1 atom stereocenters. The van der Waals surface area contributed by atoms with Gasteiger partial charge in [-0.05, 0) is 38.4 Å². The van der Waals surface area contributed by atoms with Crippen molar-refractivity contribution in [2.75, 3.05) is 27.2 Å². The molecule has 0 aliphatic carbocycles. The molecule has 3 heteroatoms. The van der Waals surface area contributed by atoms with Gasteiger partial charge in [-0.2, -0.15) is 0 Å². The number of nitrogens with zero attached hydrogens (tertiary/aromatic N) is 1. The van der Waals surface area contributed by atoms with Gasteiger partial charge in [0.1, 0.15) is 12.0 Å². The smallest absolute Gasteiger partial charge is 0.150 e. The van der Waals surface area contributed by atoms with E-state index in [1.54, 1.807) is 12.1 Å². The number of benzene rings is 1. The molecular formula is C13H19NO2. The third-order valence-electron chi connectivity index (χ3n) is 2.23. The SMILES string of the molecule is C[C@H](COc1ccc(C=O)cc1)CN(C)C. The van der Waals surface area contributed by atoms with Crippen molar-refractivity contribution in [3.8, 4) is 5.75 Å². The monoisotopic (exact) mass is 221 g/mol. The molecule has 0 N–H and O–H groups in total. The first-order valence-electron chi connectivity index (χ1n) is 5.44. The van der Waals surface area contributed by atoms with Gasteiger partial charge in [-0.15, -0.1) is 0 Å². The van der Waals surface area contributed by atoms with E-state index in [1.807, 2.05) is 12.1 Å². The minimum atomic E-state index is 0.487. The van der Waals surface area contributed by atoms with Crippen LogP contribution in [-0.2, 0) is 0 Å². The Morgan fingerprint density at radius 1 is 1.31 bits per heavy atom. The van der Waals surface area contributed by atoms with Crippen molar-refractivity contribution in [1.29, 1.82) is 0 Å². The Labute approximate surface area is 97.0 Å². The maximum absolute atomic E-state index is 10.5. The van der Waals surface area contributed by atoms with Crippen LogP contribution in [0.1, 0.15) is 17.3 Å². The zero-order chi connectivity index (χ0) is 12.0. The van der Waals surface area contributed by atoms with Crippen LogP contribution >= 0.6 is 0 Å². The fraction of sp³-hybridized carbons (Fsp3) is 0.462. The summed E-state index contributed by atoms with van der Waals surface area (Å²) in [5.74, 6) is 1.30. The van der Waals surface area contributed by atoms with Crippen LogP contribution in [0.25, 0.3) is 0 Å². The van der Waals surface area contributed by atoms with Gasteiger partial charge in [-0.1, -0.05) is 6.92 Å². The van der Waals surface area contributed by atoms with Crippen molar-refractivity contribution in [1.82, 2.24) is 4.90 Å². The van der Waals surface area contributed by atoms with Crippen LogP contribution in [0.5, 0.6) is 5.75 Å². The van der Waals surface area contributed by atoms with Crippen molar-refractivity contribution >= 4 is 6.29 Å². The summed E-state index contributed by atoms with van der Waals surface area (Å²) in [7, 11) is 4.10. The van der Waals surface area contributed by atoms with E-state index in [2.05, 4.69) is 25.9 Å². The average molecular weight is 221 g/mol. The maximum Gasteiger partial charge on any atom is 0.150 e. The van der Waals surface area contributed by atoms with Crippen molar-refractivity contribution < 1.29 is 9.53 Å². The van der Waals surface area contributed by atoms with Gasteiger partial charge in [0, 0.05) is 18.0 Å². The molecule has 0 fully saturated rings. The Morgan fingerprint density at radius 2 is 1.94 bits per heavy atom. The summed E-state index contributed by atoms with van der Waals surface area (Å²) >= 11 is 0. The van der Waals surface area contributed by atoms with E-state index < -0.39 is 0 Å². The Bertz CT molecular complexity index is 319. The zero-order valence-electron chi connectivity index (χ0n) is 10.1. The number of hydrogen-bond donors (Lipinski definition) is 0. The molecule has 0 aliphatic rings. The first kappa shape index (κ1) is 12.7. The molecule has 1 aromatic rings. The Balaban J connectivity index is 2.39. The van der Waals surface area contributed by atoms with Gasteiger partial charge in [0.05, 0.1) is 6.61 Å². The number of aldehydes is 1. The molecule has 0 aliphatic heterocycles. The highest BCUT2D eigenvalue weighted by Crippen LogP contribution is 2.12. The average Bonchev–Trinajstić information content (AvgIpc) is 2.26. The first-order chi connectivity index (χ1) is 7.61. The van der Waals surface area contributed by atoms with E-state index in [-0.39, 0.29) is 0 Å². The highest BCUT2D eigenvalue weighted by molar-refractivity contribution is 5.74. The molecule has 0 unspecified atom stereocenters. The van der Waals surface area contributed by atoms with Crippen LogP contribution in [0.15, 0.2) is 24.3 Å². The predicted octanol–water partition coefficient (Wildman–Crippen LogP) is 2.08. The number of carbonyl (C=O) groups is 1.